The van der Waals surface area contributed by atoms with Crippen molar-refractivity contribution in [1.29, 1.82) is 0 Å². The van der Waals surface area contributed by atoms with Gasteiger partial charge < -0.3 is 34.3 Å². The molecule has 0 spiro atoms. The number of nitrogens with two attached hydrogens (primary N) is 1. The van der Waals surface area contributed by atoms with Gasteiger partial charge in [0, 0.05) is 85.1 Å². The number of ether oxygens (including phenoxy) is 3. The Kier molecular flexibility index (Phi) is 31.6. The van der Waals surface area contributed by atoms with E-state index in [0.29, 0.717) is 49.6 Å². The zero-order chi connectivity index (χ0) is 44.0. The lowest BCUT2D eigenvalue weighted by molar-refractivity contribution is -0.115. The Morgan fingerprint density at radius 2 is 1.02 bits per heavy atom. The molecule has 0 aromatic rings. The Bertz CT molecular complexity index is 1030. The van der Waals surface area contributed by atoms with Crippen LogP contribution in [0.15, 0.2) is 0 Å². The van der Waals surface area contributed by atoms with E-state index in [2.05, 4.69) is 135 Å². The van der Waals surface area contributed by atoms with Gasteiger partial charge in [-0.1, -0.05) is 37.4 Å². The predicted molar refractivity (Wildman–Crippen MR) is 246 cm³/mol. The van der Waals surface area contributed by atoms with E-state index in [-0.39, 0.29) is 78.6 Å². The third-order valence-corrected chi connectivity index (χ3v) is 17.2. The first-order valence-electron chi connectivity index (χ1n) is 21.1. The molecule has 0 aliphatic carbocycles. The van der Waals surface area contributed by atoms with Crippen LogP contribution in [0.4, 0.5) is 0 Å². The quantitative estimate of drug-likeness (QED) is 0.0369. The Hall–Kier alpha value is 0.460. The Balaban J connectivity index is 5.17. The number of rotatable bonds is 33. The lowest BCUT2D eigenvalue weighted by Crippen LogP contribution is -2.49. The average molecular weight is 889 g/mol. The van der Waals surface area contributed by atoms with Crippen LogP contribution in [0.25, 0.3) is 0 Å². The monoisotopic (exact) mass is 889 g/mol. The third-order valence-electron chi connectivity index (χ3n) is 9.19. The molecular weight excluding hydrogens is 803 g/mol. The van der Waals surface area contributed by atoms with Crippen molar-refractivity contribution in [2.75, 3.05) is 51.8 Å². The third kappa shape index (κ3) is 21.9. The second kappa shape index (κ2) is 31.3. The molecule has 0 radical (unpaired) electrons. The zero-order valence-corrected chi connectivity index (χ0v) is 42.6. The van der Waals surface area contributed by atoms with Crippen LogP contribution in [0.3, 0.4) is 0 Å². The van der Waals surface area contributed by atoms with Gasteiger partial charge in [-0.2, -0.15) is 0 Å². The van der Waals surface area contributed by atoms with Crippen molar-refractivity contribution in [2.45, 2.75) is 185 Å². The summed E-state index contributed by atoms with van der Waals surface area (Å²) >= 11 is 2.50. The minimum atomic E-state index is -1.17. The standard InChI is InChI=1S/C40H86N6O7P2S2/c1-28(2)43(29(3)4)54(44(30(5)6)31(7)8)53-26-50-24-51-27-57-40(48)37(17)38(18)42-23-36(16)46(34(13)14)55(45(32(9)10)33(11)12)52-25-49-20-19-21-56-39(47)35(15)22-41/h28-38,42H,19-27,41H2,1-18H3. The molecule has 57 heavy (non-hydrogen) atoms. The van der Waals surface area contributed by atoms with Crippen molar-refractivity contribution < 1.29 is 32.8 Å². The maximum absolute atomic E-state index is 13.2. The molecule has 0 fully saturated rings. The molecule has 17 heteroatoms. The van der Waals surface area contributed by atoms with Crippen molar-refractivity contribution in [1.82, 2.24) is 24.0 Å². The van der Waals surface area contributed by atoms with Gasteiger partial charge in [-0.25, -0.2) is 18.7 Å². The van der Waals surface area contributed by atoms with Gasteiger partial charge in [-0.3, -0.25) is 9.59 Å². The highest BCUT2D eigenvalue weighted by atomic mass is 32.2. The van der Waals surface area contributed by atoms with Gasteiger partial charge in [0.15, 0.2) is 47.5 Å². The highest BCUT2D eigenvalue weighted by Gasteiger charge is 2.37. The molecule has 0 aliphatic rings. The smallest absolute Gasteiger partial charge is 0.195 e. The predicted octanol–water partition coefficient (Wildman–Crippen LogP) is 8.93. The summed E-state index contributed by atoms with van der Waals surface area (Å²) in [6, 6.07) is 2.08. The first kappa shape index (κ1) is 57.5. The van der Waals surface area contributed by atoms with Crippen LogP contribution >= 0.6 is 40.4 Å². The lowest BCUT2D eigenvalue weighted by Gasteiger charge is -2.46. The fraction of sp³-hybridized carbons (Fsp3) is 0.950. The van der Waals surface area contributed by atoms with Crippen LogP contribution in [0.2, 0.25) is 0 Å². The molecule has 340 valence electrons. The van der Waals surface area contributed by atoms with Gasteiger partial charge in [-0.15, -0.1) is 0 Å². The van der Waals surface area contributed by atoms with E-state index in [9.17, 15) is 9.59 Å². The summed E-state index contributed by atoms with van der Waals surface area (Å²) in [6.07, 6.45) is 0.760. The number of thioether (sulfide) groups is 2. The second-order valence-electron chi connectivity index (χ2n) is 16.7. The van der Waals surface area contributed by atoms with E-state index in [0.717, 1.165) is 6.42 Å². The molecule has 5 unspecified atom stereocenters. The highest BCUT2D eigenvalue weighted by molar-refractivity contribution is 8.13. The van der Waals surface area contributed by atoms with Gasteiger partial charge in [0.25, 0.3) is 0 Å². The topological polar surface area (TPSA) is 131 Å². The van der Waals surface area contributed by atoms with Crippen LogP contribution in [-0.4, -0.2) is 135 Å². The van der Waals surface area contributed by atoms with Gasteiger partial charge in [0.2, 0.25) is 0 Å². The summed E-state index contributed by atoms with van der Waals surface area (Å²) in [5.74, 6) is 0.567. The van der Waals surface area contributed by atoms with Crippen LogP contribution in [0.5, 0.6) is 0 Å². The molecule has 0 aliphatic heterocycles. The maximum atomic E-state index is 13.2. The first-order chi connectivity index (χ1) is 26.6. The van der Waals surface area contributed by atoms with Crippen molar-refractivity contribution in [2.24, 2.45) is 17.6 Å². The molecule has 5 atom stereocenters. The normalized spacial score (nSPS) is 15.7. The number of hydrogen-bond acceptors (Lipinski definition) is 15. The van der Waals surface area contributed by atoms with Gasteiger partial charge in [0.1, 0.15) is 5.94 Å². The molecule has 0 saturated carbocycles. The van der Waals surface area contributed by atoms with E-state index < -0.39 is 16.9 Å². The molecular formula is C40H86N6O7P2S2. The minimum Gasteiger partial charge on any atom is -0.355 e. The van der Waals surface area contributed by atoms with Gasteiger partial charge in [-0.05, 0) is 117 Å². The zero-order valence-electron chi connectivity index (χ0n) is 39.1. The number of hydrogen-bond donors (Lipinski definition) is 2. The van der Waals surface area contributed by atoms with E-state index in [1.807, 2.05) is 13.8 Å². The fourth-order valence-corrected chi connectivity index (χ4v) is 12.5. The molecule has 0 amide bonds. The first-order valence-corrected chi connectivity index (χ1v) is 25.4. The molecule has 0 aromatic carbocycles. The van der Waals surface area contributed by atoms with E-state index in [1.54, 1.807) is 0 Å². The van der Waals surface area contributed by atoms with E-state index in [4.69, 9.17) is 29.0 Å². The molecule has 0 saturated heterocycles. The fourth-order valence-electron chi connectivity index (χ4n) is 6.34. The summed E-state index contributed by atoms with van der Waals surface area (Å²) in [7, 11) is -2.22. The van der Waals surface area contributed by atoms with E-state index >= 15 is 0 Å². The van der Waals surface area contributed by atoms with Crippen LogP contribution in [0.1, 0.15) is 131 Å². The lowest BCUT2D eigenvalue weighted by atomic mass is 10.1. The summed E-state index contributed by atoms with van der Waals surface area (Å²) in [6.45, 7) is 40.8. The maximum Gasteiger partial charge on any atom is 0.195 e. The number of carbonyl (C=O) groups is 2. The Morgan fingerprint density at radius 3 is 1.46 bits per heavy atom. The highest BCUT2D eigenvalue weighted by Crippen LogP contribution is 2.51. The van der Waals surface area contributed by atoms with Crippen molar-refractivity contribution in [3.05, 3.63) is 0 Å². The Labute approximate surface area is 360 Å². The van der Waals surface area contributed by atoms with Crippen molar-refractivity contribution in [3.8, 4) is 0 Å². The molecule has 13 nitrogen and oxygen atoms in total. The van der Waals surface area contributed by atoms with Crippen molar-refractivity contribution >= 4 is 50.7 Å². The summed E-state index contributed by atoms with van der Waals surface area (Å²) in [5.41, 5.74) is 5.62. The van der Waals surface area contributed by atoms with Crippen LogP contribution in [-0.2, 0) is 32.8 Å². The average Bonchev–Trinajstić information content (AvgIpc) is 3.10. The van der Waals surface area contributed by atoms with Crippen LogP contribution < -0.4 is 11.1 Å². The molecule has 0 bridgehead atoms. The summed E-state index contributed by atoms with van der Waals surface area (Å²) in [4.78, 5) is 25.3. The molecule has 0 rings (SSSR count). The van der Waals surface area contributed by atoms with Gasteiger partial charge >= 0.3 is 0 Å². The molecule has 0 heterocycles. The molecule has 3 N–H and O–H groups in total. The minimum absolute atomic E-state index is 0.0422. The van der Waals surface area contributed by atoms with Crippen molar-refractivity contribution in [3.63, 3.8) is 0 Å². The SMILES string of the molecule is CC(CN)C(=O)SCCCOCOP(N(C(C)C)C(C)C)N(C(C)C)C(C)CNC(C)C(C)C(=O)SCOCOCOP(N(C(C)C)C(C)C)N(C(C)C)C(C)C. The largest absolute Gasteiger partial charge is 0.355 e. The van der Waals surface area contributed by atoms with E-state index in [1.165, 1.54) is 23.5 Å². The second-order valence-corrected chi connectivity index (χ2v) is 22.1. The Morgan fingerprint density at radius 1 is 0.579 bits per heavy atom. The number of nitrogens with one attached hydrogen (secondary N) is 1. The number of carbonyl (C=O) groups excluding carboxylic acids is 2. The molecule has 0 aromatic heterocycles. The summed E-state index contributed by atoms with van der Waals surface area (Å²) < 4.78 is 40.1. The number of nitrogens with zero attached hydrogens (tertiary/aromatic N) is 4. The summed E-state index contributed by atoms with van der Waals surface area (Å²) in [5, 5.41) is 3.85. The van der Waals surface area contributed by atoms with Gasteiger partial charge in [0.05, 0.1) is 6.61 Å². The van der Waals surface area contributed by atoms with Crippen LogP contribution in [0, 0.1) is 11.8 Å².